The monoisotopic (exact) mass is 332 g/mol. The van der Waals surface area contributed by atoms with Crippen molar-refractivity contribution < 1.29 is 4.79 Å². The number of hydrogen-bond acceptors (Lipinski definition) is 4. The Morgan fingerprint density at radius 3 is 2.24 bits per heavy atom. The minimum absolute atomic E-state index is 0.0745. The second-order valence-electron chi connectivity index (χ2n) is 5.61. The first kappa shape index (κ1) is 18.0. The molecule has 0 fully saturated rings. The maximum atomic E-state index is 12.0. The lowest BCUT2D eigenvalue weighted by Crippen LogP contribution is -2.24. The minimum Gasteiger partial charge on any atom is -0.379 e. The molecule has 2 N–H and O–H groups in total. The Morgan fingerprint density at radius 1 is 1.04 bits per heavy atom. The summed E-state index contributed by atoms with van der Waals surface area (Å²) in [7, 11) is 0. The van der Waals surface area contributed by atoms with Crippen LogP contribution in [0.1, 0.15) is 46.8 Å². The molecule has 0 aliphatic carbocycles. The van der Waals surface area contributed by atoms with Gasteiger partial charge in [0.05, 0.1) is 16.8 Å². The fraction of sp³-hybridized carbons (Fsp3) is 0.250. The van der Waals surface area contributed by atoms with Crippen molar-refractivity contribution in [3.05, 3.63) is 64.7 Å². The largest absolute Gasteiger partial charge is 0.379 e. The molecule has 0 spiro atoms. The molecule has 0 atom stereocenters. The fourth-order valence-corrected chi connectivity index (χ4v) is 2.37. The van der Waals surface area contributed by atoms with Gasteiger partial charge in [0.15, 0.2) is 0 Å². The van der Waals surface area contributed by atoms with Gasteiger partial charge in [0.1, 0.15) is 12.1 Å². The fourth-order valence-electron chi connectivity index (χ4n) is 2.37. The number of carbonyl (C=O) groups excluding carboxylic acids is 1. The van der Waals surface area contributed by atoms with E-state index in [0.717, 1.165) is 18.4 Å². The number of amides is 1. The number of anilines is 1. The number of carbonyl (C=O) groups is 1. The zero-order valence-electron chi connectivity index (χ0n) is 14.2. The summed E-state index contributed by atoms with van der Waals surface area (Å²) in [5.74, 6) is -0.0745. The molecule has 5 nitrogen and oxygen atoms in total. The van der Waals surface area contributed by atoms with Gasteiger partial charge < -0.3 is 10.6 Å². The molecule has 0 radical (unpaired) electrons. The third kappa shape index (κ3) is 4.83. The lowest BCUT2D eigenvalue weighted by atomic mass is 10.1. The summed E-state index contributed by atoms with van der Waals surface area (Å²) in [6.07, 6.45) is 2.01. The Balaban J connectivity index is 2.02. The topological polar surface area (TPSA) is 88.7 Å². The molecule has 5 heteroatoms. The standard InChI is InChI=1S/C20H20N4O/c1-2-3-11-23-20(25)16-9-7-15(8-10-16)14-24-19-17(12-21)5-4-6-18(19)13-22/h4-10,24H,2-3,11,14H2,1H3,(H,23,25). The van der Waals surface area contributed by atoms with Crippen LogP contribution in [0.5, 0.6) is 0 Å². The second-order valence-corrected chi connectivity index (χ2v) is 5.61. The summed E-state index contributed by atoms with van der Waals surface area (Å²) < 4.78 is 0. The highest BCUT2D eigenvalue weighted by molar-refractivity contribution is 5.94. The second kappa shape index (κ2) is 9.10. The van der Waals surface area contributed by atoms with Crippen molar-refractivity contribution in [1.29, 1.82) is 10.5 Å². The molecule has 2 aromatic rings. The summed E-state index contributed by atoms with van der Waals surface area (Å²) in [5, 5.41) is 24.4. The summed E-state index contributed by atoms with van der Waals surface area (Å²) in [6, 6.07) is 16.5. The quantitative estimate of drug-likeness (QED) is 0.759. The first-order chi connectivity index (χ1) is 12.2. The van der Waals surface area contributed by atoms with E-state index >= 15 is 0 Å². The van der Waals surface area contributed by atoms with E-state index in [0.29, 0.717) is 35.5 Å². The number of benzene rings is 2. The van der Waals surface area contributed by atoms with Crippen molar-refractivity contribution in [3.63, 3.8) is 0 Å². The van der Waals surface area contributed by atoms with Gasteiger partial charge >= 0.3 is 0 Å². The maximum absolute atomic E-state index is 12.0. The average molecular weight is 332 g/mol. The van der Waals surface area contributed by atoms with E-state index in [1.54, 1.807) is 30.3 Å². The molecule has 25 heavy (non-hydrogen) atoms. The van der Waals surface area contributed by atoms with Gasteiger partial charge in [-0.2, -0.15) is 10.5 Å². The Kier molecular flexibility index (Phi) is 6.56. The maximum Gasteiger partial charge on any atom is 0.251 e. The van der Waals surface area contributed by atoms with Crippen LogP contribution in [-0.4, -0.2) is 12.5 Å². The average Bonchev–Trinajstić information content (AvgIpc) is 2.66. The molecule has 0 unspecified atom stereocenters. The molecule has 0 aliphatic rings. The minimum atomic E-state index is -0.0745. The van der Waals surface area contributed by atoms with Crippen molar-refractivity contribution in [2.24, 2.45) is 0 Å². The molecule has 0 heterocycles. The van der Waals surface area contributed by atoms with Gasteiger partial charge in [0.2, 0.25) is 0 Å². The van der Waals surface area contributed by atoms with E-state index < -0.39 is 0 Å². The van der Waals surface area contributed by atoms with E-state index in [4.69, 9.17) is 0 Å². The molecule has 126 valence electrons. The highest BCUT2D eigenvalue weighted by atomic mass is 16.1. The summed E-state index contributed by atoms with van der Waals surface area (Å²) in [4.78, 5) is 12.0. The third-order valence-corrected chi connectivity index (χ3v) is 3.81. The van der Waals surface area contributed by atoms with Gasteiger partial charge in [-0.05, 0) is 36.2 Å². The molecule has 0 saturated heterocycles. The molecular formula is C20H20N4O. The SMILES string of the molecule is CCCCNC(=O)c1ccc(CNc2c(C#N)cccc2C#N)cc1. The summed E-state index contributed by atoms with van der Waals surface area (Å²) in [5.41, 5.74) is 2.99. The molecule has 0 aromatic heterocycles. The van der Waals surface area contributed by atoms with E-state index in [1.165, 1.54) is 0 Å². The molecule has 2 rings (SSSR count). The van der Waals surface area contributed by atoms with Crippen LogP contribution in [0.4, 0.5) is 5.69 Å². The first-order valence-electron chi connectivity index (χ1n) is 8.23. The Hall–Kier alpha value is -3.31. The highest BCUT2D eigenvalue weighted by Crippen LogP contribution is 2.20. The van der Waals surface area contributed by atoms with Crippen molar-refractivity contribution in [1.82, 2.24) is 5.32 Å². The number of rotatable bonds is 7. The number of para-hydroxylation sites is 1. The third-order valence-electron chi connectivity index (χ3n) is 3.81. The predicted molar refractivity (Wildman–Crippen MR) is 96.9 cm³/mol. The van der Waals surface area contributed by atoms with Crippen LogP contribution < -0.4 is 10.6 Å². The zero-order valence-corrected chi connectivity index (χ0v) is 14.2. The van der Waals surface area contributed by atoms with Gasteiger partial charge in [0.25, 0.3) is 5.91 Å². The van der Waals surface area contributed by atoms with Crippen LogP contribution in [0.3, 0.4) is 0 Å². The van der Waals surface area contributed by atoms with Crippen LogP contribution in [-0.2, 0) is 6.54 Å². The zero-order chi connectivity index (χ0) is 18.1. The number of hydrogen-bond donors (Lipinski definition) is 2. The van der Waals surface area contributed by atoms with Crippen molar-refractivity contribution in [3.8, 4) is 12.1 Å². The Morgan fingerprint density at radius 2 is 1.68 bits per heavy atom. The molecule has 1 amide bonds. The van der Waals surface area contributed by atoms with Gasteiger partial charge in [-0.3, -0.25) is 4.79 Å². The van der Waals surface area contributed by atoms with E-state index in [1.807, 2.05) is 12.1 Å². The van der Waals surface area contributed by atoms with Crippen molar-refractivity contribution in [2.45, 2.75) is 26.3 Å². The Bertz CT molecular complexity index is 781. The highest BCUT2D eigenvalue weighted by Gasteiger charge is 2.08. The first-order valence-corrected chi connectivity index (χ1v) is 8.23. The smallest absolute Gasteiger partial charge is 0.251 e. The lowest BCUT2D eigenvalue weighted by molar-refractivity contribution is 0.0953. The molecular weight excluding hydrogens is 312 g/mol. The van der Waals surface area contributed by atoms with E-state index in [2.05, 4.69) is 29.7 Å². The van der Waals surface area contributed by atoms with Crippen molar-refractivity contribution in [2.75, 3.05) is 11.9 Å². The van der Waals surface area contributed by atoms with Crippen LogP contribution in [0.25, 0.3) is 0 Å². The number of unbranched alkanes of at least 4 members (excludes halogenated alkanes) is 1. The summed E-state index contributed by atoms with van der Waals surface area (Å²) >= 11 is 0. The normalized spacial score (nSPS) is 9.72. The van der Waals surface area contributed by atoms with Crippen LogP contribution >= 0.6 is 0 Å². The molecule has 0 bridgehead atoms. The van der Waals surface area contributed by atoms with E-state index in [9.17, 15) is 15.3 Å². The van der Waals surface area contributed by atoms with Crippen LogP contribution in [0, 0.1) is 22.7 Å². The lowest BCUT2D eigenvalue weighted by Gasteiger charge is -2.10. The number of nitrogens with zero attached hydrogens (tertiary/aromatic N) is 2. The summed E-state index contributed by atoms with van der Waals surface area (Å²) in [6.45, 7) is 3.22. The van der Waals surface area contributed by atoms with E-state index in [-0.39, 0.29) is 5.91 Å². The predicted octanol–water partition coefficient (Wildman–Crippen LogP) is 3.57. The van der Waals surface area contributed by atoms with Gasteiger partial charge in [-0.15, -0.1) is 0 Å². The molecule has 0 saturated carbocycles. The number of nitrogens with one attached hydrogen (secondary N) is 2. The van der Waals surface area contributed by atoms with Gasteiger partial charge in [-0.25, -0.2) is 0 Å². The van der Waals surface area contributed by atoms with Gasteiger partial charge in [0, 0.05) is 18.7 Å². The molecule has 2 aromatic carbocycles. The van der Waals surface area contributed by atoms with Crippen LogP contribution in [0.2, 0.25) is 0 Å². The van der Waals surface area contributed by atoms with Gasteiger partial charge in [-0.1, -0.05) is 31.5 Å². The van der Waals surface area contributed by atoms with Crippen LogP contribution in [0.15, 0.2) is 42.5 Å². The number of nitriles is 2. The Labute approximate surface area is 147 Å². The van der Waals surface area contributed by atoms with Crippen molar-refractivity contribution >= 4 is 11.6 Å². The molecule has 0 aliphatic heterocycles.